The summed E-state index contributed by atoms with van der Waals surface area (Å²) in [6.45, 7) is 4.16. The zero-order chi connectivity index (χ0) is 9.47. The fraction of sp³-hybridized carbons (Fsp3) is 0.545. The second-order valence-corrected chi connectivity index (χ2v) is 3.97. The van der Waals surface area contributed by atoms with Crippen molar-refractivity contribution in [3.05, 3.63) is 29.1 Å². The van der Waals surface area contributed by atoms with Gasteiger partial charge in [-0.05, 0) is 37.8 Å². The predicted octanol–water partition coefficient (Wildman–Crippen LogP) is 1.90. The van der Waals surface area contributed by atoms with Crippen LogP contribution in [-0.2, 0) is 12.0 Å². The van der Waals surface area contributed by atoms with E-state index in [4.69, 9.17) is 5.73 Å². The van der Waals surface area contributed by atoms with E-state index in [1.165, 1.54) is 5.56 Å². The van der Waals surface area contributed by atoms with Crippen LogP contribution in [0, 0.1) is 6.92 Å². The Balaban J connectivity index is 2.52. The predicted molar refractivity (Wildman–Crippen MR) is 53.5 cm³/mol. The molecular formula is C11H16N2. The van der Waals surface area contributed by atoms with Crippen molar-refractivity contribution >= 4 is 0 Å². The van der Waals surface area contributed by atoms with Crippen LogP contribution in [0.15, 0.2) is 12.1 Å². The molecule has 2 nitrogen and oxygen atoms in total. The summed E-state index contributed by atoms with van der Waals surface area (Å²) in [6.07, 6.45) is 3.12. The van der Waals surface area contributed by atoms with Crippen molar-refractivity contribution in [3.63, 3.8) is 0 Å². The minimum absolute atomic E-state index is 0.151. The average molecular weight is 176 g/mol. The van der Waals surface area contributed by atoms with Gasteiger partial charge in [-0.3, -0.25) is 4.98 Å². The first-order chi connectivity index (χ1) is 6.15. The van der Waals surface area contributed by atoms with Gasteiger partial charge in [-0.1, -0.05) is 13.0 Å². The fourth-order valence-corrected chi connectivity index (χ4v) is 2.04. The van der Waals surface area contributed by atoms with Crippen molar-refractivity contribution in [2.24, 2.45) is 5.73 Å². The number of hydrogen-bond donors (Lipinski definition) is 1. The third-order valence-corrected chi connectivity index (χ3v) is 3.06. The minimum Gasteiger partial charge on any atom is -0.320 e. The molecule has 1 aliphatic carbocycles. The van der Waals surface area contributed by atoms with Crippen LogP contribution in [0.25, 0.3) is 0 Å². The smallest absolute Gasteiger partial charge is 0.0637 e. The fourth-order valence-electron chi connectivity index (χ4n) is 2.04. The summed E-state index contributed by atoms with van der Waals surface area (Å²) in [5.41, 5.74) is 9.67. The van der Waals surface area contributed by atoms with Gasteiger partial charge in [-0.2, -0.15) is 0 Å². The van der Waals surface area contributed by atoms with E-state index in [-0.39, 0.29) is 5.54 Å². The van der Waals surface area contributed by atoms with E-state index in [2.05, 4.69) is 24.0 Å². The van der Waals surface area contributed by atoms with Gasteiger partial charge in [-0.25, -0.2) is 0 Å². The molecule has 2 heteroatoms. The van der Waals surface area contributed by atoms with Crippen LogP contribution in [-0.4, -0.2) is 4.98 Å². The summed E-state index contributed by atoms with van der Waals surface area (Å²) < 4.78 is 0. The second-order valence-electron chi connectivity index (χ2n) is 3.97. The number of nitrogens with two attached hydrogens (primary N) is 1. The Morgan fingerprint density at radius 2 is 2.31 bits per heavy atom. The molecule has 0 aliphatic heterocycles. The Labute approximate surface area is 79.2 Å². The lowest BCUT2D eigenvalue weighted by Crippen LogP contribution is -2.34. The van der Waals surface area contributed by atoms with Gasteiger partial charge >= 0.3 is 0 Å². The molecule has 0 fully saturated rings. The number of nitrogens with zero attached hydrogens (tertiary/aromatic N) is 1. The molecule has 0 radical (unpaired) electrons. The molecule has 1 aliphatic rings. The Morgan fingerprint density at radius 1 is 1.54 bits per heavy atom. The normalized spacial score (nSPS) is 26.1. The van der Waals surface area contributed by atoms with Gasteiger partial charge < -0.3 is 5.73 Å². The Morgan fingerprint density at radius 3 is 3.00 bits per heavy atom. The average Bonchev–Trinajstić information content (AvgIpc) is 2.45. The lowest BCUT2D eigenvalue weighted by Gasteiger charge is -2.22. The number of hydrogen-bond acceptors (Lipinski definition) is 2. The summed E-state index contributed by atoms with van der Waals surface area (Å²) in [5.74, 6) is 0. The van der Waals surface area contributed by atoms with Crippen molar-refractivity contribution in [3.8, 4) is 0 Å². The monoisotopic (exact) mass is 176 g/mol. The molecule has 1 aromatic rings. The highest BCUT2D eigenvalue weighted by Gasteiger charge is 2.34. The van der Waals surface area contributed by atoms with Crippen LogP contribution in [0.2, 0.25) is 0 Å². The van der Waals surface area contributed by atoms with E-state index >= 15 is 0 Å². The van der Waals surface area contributed by atoms with E-state index in [0.717, 1.165) is 30.7 Å². The lowest BCUT2D eigenvalue weighted by molar-refractivity contribution is 0.415. The lowest BCUT2D eigenvalue weighted by atomic mass is 9.94. The third kappa shape index (κ3) is 1.25. The Hall–Kier alpha value is -0.890. The maximum Gasteiger partial charge on any atom is 0.0637 e. The molecule has 0 aromatic carbocycles. The maximum atomic E-state index is 6.28. The number of pyridine rings is 1. The van der Waals surface area contributed by atoms with E-state index in [1.54, 1.807) is 0 Å². The first kappa shape index (κ1) is 8.70. The maximum absolute atomic E-state index is 6.28. The highest BCUT2D eigenvalue weighted by Crippen LogP contribution is 2.35. The zero-order valence-corrected chi connectivity index (χ0v) is 8.30. The Kier molecular flexibility index (Phi) is 1.88. The molecule has 1 aromatic heterocycles. The minimum atomic E-state index is -0.151. The molecule has 0 bridgehead atoms. The van der Waals surface area contributed by atoms with Gasteiger partial charge in [0.1, 0.15) is 0 Å². The molecule has 0 saturated carbocycles. The largest absolute Gasteiger partial charge is 0.320 e. The summed E-state index contributed by atoms with van der Waals surface area (Å²) >= 11 is 0. The van der Waals surface area contributed by atoms with Crippen LogP contribution in [0.4, 0.5) is 0 Å². The molecule has 0 amide bonds. The summed E-state index contributed by atoms with van der Waals surface area (Å²) in [6, 6.07) is 4.24. The van der Waals surface area contributed by atoms with Gasteiger partial charge in [0.25, 0.3) is 0 Å². The molecular weight excluding hydrogens is 160 g/mol. The Bertz CT molecular complexity index is 333. The third-order valence-electron chi connectivity index (χ3n) is 3.06. The van der Waals surface area contributed by atoms with Gasteiger partial charge in [0.2, 0.25) is 0 Å². The number of rotatable bonds is 1. The van der Waals surface area contributed by atoms with Gasteiger partial charge in [0.05, 0.1) is 11.2 Å². The van der Waals surface area contributed by atoms with Crippen LogP contribution in [0.3, 0.4) is 0 Å². The molecule has 0 saturated heterocycles. The first-order valence-corrected chi connectivity index (χ1v) is 4.91. The van der Waals surface area contributed by atoms with Crippen molar-refractivity contribution in [2.45, 2.75) is 38.6 Å². The molecule has 0 unspecified atom stereocenters. The van der Waals surface area contributed by atoms with Gasteiger partial charge in [0.15, 0.2) is 0 Å². The molecule has 0 spiro atoms. The van der Waals surface area contributed by atoms with E-state index < -0.39 is 0 Å². The van der Waals surface area contributed by atoms with Crippen LogP contribution in [0.1, 0.15) is 36.7 Å². The van der Waals surface area contributed by atoms with Crippen molar-refractivity contribution in [2.75, 3.05) is 0 Å². The highest BCUT2D eigenvalue weighted by atomic mass is 14.9. The number of fused-ring (bicyclic) bond motifs is 1. The van der Waals surface area contributed by atoms with Crippen molar-refractivity contribution in [1.82, 2.24) is 4.98 Å². The summed E-state index contributed by atoms with van der Waals surface area (Å²) in [4.78, 5) is 4.55. The van der Waals surface area contributed by atoms with Crippen molar-refractivity contribution < 1.29 is 0 Å². The standard InChI is InChI=1S/C11H16N2/c1-3-11(12)7-6-9-5-4-8(2)13-10(9)11/h4-5H,3,6-7,12H2,1-2H3/t11-/m1/s1. The zero-order valence-electron chi connectivity index (χ0n) is 8.30. The van der Waals surface area contributed by atoms with E-state index in [9.17, 15) is 0 Å². The van der Waals surface area contributed by atoms with Gasteiger partial charge in [0, 0.05) is 5.69 Å². The number of aromatic nitrogens is 1. The summed E-state index contributed by atoms with van der Waals surface area (Å²) in [5, 5.41) is 0. The van der Waals surface area contributed by atoms with E-state index in [0.29, 0.717) is 0 Å². The summed E-state index contributed by atoms with van der Waals surface area (Å²) in [7, 11) is 0. The second kappa shape index (κ2) is 2.81. The molecule has 1 atom stereocenters. The van der Waals surface area contributed by atoms with Crippen molar-refractivity contribution in [1.29, 1.82) is 0 Å². The number of aryl methyl sites for hydroxylation is 2. The van der Waals surface area contributed by atoms with Gasteiger partial charge in [-0.15, -0.1) is 0 Å². The van der Waals surface area contributed by atoms with Crippen LogP contribution >= 0.6 is 0 Å². The van der Waals surface area contributed by atoms with E-state index in [1.807, 2.05) is 6.92 Å². The van der Waals surface area contributed by atoms with Crippen LogP contribution in [0.5, 0.6) is 0 Å². The SMILES string of the molecule is CC[C@@]1(N)CCc2ccc(C)nc21. The topological polar surface area (TPSA) is 38.9 Å². The highest BCUT2D eigenvalue weighted by molar-refractivity contribution is 5.33. The van der Waals surface area contributed by atoms with Crippen LogP contribution < -0.4 is 5.73 Å². The molecule has 2 N–H and O–H groups in total. The molecule has 2 rings (SSSR count). The molecule has 1 heterocycles. The molecule has 70 valence electrons. The first-order valence-electron chi connectivity index (χ1n) is 4.91. The molecule has 13 heavy (non-hydrogen) atoms. The quantitative estimate of drug-likeness (QED) is 0.709.